The van der Waals surface area contributed by atoms with E-state index in [0.29, 0.717) is 10.7 Å². The van der Waals surface area contributed by atoms with Crippen molar-refractivity contribution in [1.29, 1.82) is 0 Å². The van der Waals surface area contributed by atoms with Crippen LogP contribution in [0.1, 0.15) is 11.4 Å². The number of amides is 2. The van der Waals surface area contributed by atoms with Crippen LogP contribution in [0.5, 0.6) is 0 Å². The monoisotopic (exact) mass is 397 g/mol. The zero-order valence-corrected chi connectivity index (χ0v) is 14.9. The number of imidazole rings is 1. The van der Waals surface area contributed by atoms with Gasteiger partial charge in [-0.15, -0.1) is 0 Å². The molecule has 0 fully saturated rings. The Balaban J connectivity index is 1.69. The highest BCUT2D eigenvalue weighted by Crippen LogP contribution is 2.30. The van der Waals surface area contributed by atoms with E-state index in [9.17, 15) is 18.0 Å². The van der Waals surface area contributed by atoms with Gasteiger partial charge >= 0.3 is 12.2 Å². The molecule has 3 rings (SSSR count). The molecule has 2 heterocycles. The molecule has 0 saturated carbocycles. The van der Waals surface area contributed by atoms with Gasteiger partial charge in [-0.25, -0.2) is 14.8 Å². The van der Waals surface area contributed by atoms with Crippen molar-refractivity contribution in [3.8, 4) is 0 Å². The number of carbonyl (C=O) groups excluding carboxylic acids is 1. The minimum atomic E-state index is -4.63. The fraction of sp³-hybridized carbons (Fsp3) is 0.235. The van der Waals surface area contributed by atoms with Gasteiger partial charge in [0, 0.05) is 19.3 Å². The van der Waals surface area contributed by atoms with E-state index in [0.717, 1.165) is 10.1 Å². The Bertz CT molecular complexity index is 986. The third-order valence-electron chi connectivity index (χ3n) is 3.75. The number of aryl methyl sites for hydroxylation is 1. The largest absolute Gasteiger partial charge is 0.449 e. The number of anilines is 1. The van der Waals surface area contributed by atoms with Crippen molar-refractivity contribution in [3.05, 3.63) is 52.9 Å². The van der Waals surface area contributed by atoms with Gasteiger partial charge < -0.3 is 15.2 Å². The SMILES string of the molecule is Cc1ccc(NC(=O)NCCn2c(C(F)(F)F)nc3cccnc32)c(Cl)c1. The maximum atomic E-state index is 13.2. The first-order valence-electron chi connectivity index (χ1n) is 7.95. The summed E-state index contributed by atoms with van der Waals surface area (Å²) < 4.78 is 40.6. The Labute approximate surface area is 157 Å². The molecule has 0 spiro atoms. The van der Waals surface area contributed by atoms with Crippen molar-refractivity contribution in [3.63, 3.8) is 0 Å². The van der Waals surface area contributed by atoms with Crippen molar-refractivity contribution < 1.29 is 18.0 Å². The molecule has 0 bridgehead atoms. The molecule has 0 radical (unpaired) electrons. The van der Waals surface area contributed by atoms with Crippen LogP contribution in [-0.4, -0.2) is 27.1 Å². The molecule has 2 N–H and O–H groups in total. The summed E-state index contributed by atoms with van der Waals surface area (Å²) in [6.07, 6.45) is -3.24. The van der Waals surface area contributed by atoms with Gasteiger partial charge in [-0.2, -0.15) is 13.2 Å². The number of hydrogen-bond acceptors (Lipinski definition) is 3. The average molecular weight is 398 g/mol. The first-order valence-corrected chi connectivity index (χ1v) is 8.33. The number of fused-ring (bicyclic) bond motifs is 1. The lowest BCUT2D eigenvalue weighted by Gasteiger charge is -2.12. The molecule has 0 unspecified atom stereocenters. The Morgan fingerprint density at radius 1 is 1.30 bits per heavy atom. The van der Waals surface area contributed by atoms with E-state index in [4.69, 9.17) is 11.6 Å². The second kappa shape index (κ2) is 7.43. The lowest BCUT2D eigenvalue weighted by Crippen LogP contribution is -2.32. The molecular formula is C17H15ClF3N5O. The average Bonchev–Trinajstić information content (AvgIpc) is 2.97. The summed E-state index contributed by atoms with van der Waals surface area (Å²) in [5.74, 6) is -1.06. The van der Waals surface area contributed by atoms with E-state index in [1.165, 1.54) is 18.3 Å². The molecule has 142 valence electrons. The maximum Gasteiger partial charge on any atom is 0.449 e. The topological polar surface area (TPSA) is 71.8 Å². The fourth-order valence-electron chi connectivity index (χ4n) is 2.56. The molecular weight excluding hydrogens is 383 g/mol. The van der Waals surface area contributed by atoms with Crippen LogP contribution in [0.25, 0.3) is 11.2 Å². The molecule has 10 heteroatoms. The number of pyridine rings is 1. The molecule has 0 atom stereocenters. The molecule has 0 aliphatic rings. The standard InChI is InChI=1S/C17H15ClF3N5O/c1-10-4-5-12(11(18)9-10)25-16(27)23-7-8-26-14-13(3-2-6-22-14)24-15(26)17(19,20)21/h2-6,9H,7-8H2,1H3,(H2,23,25,27). The third kappa shape index (κ3) is 4.30. The van der Waals surface area contributed by atoms with Crippen LogP contribution >= 0.6 is 11.6 Å². The summed E-state index contributed by atoms with van der Waals surface area (Å²) in [5.41, 5.74) is 1.59. The Morgan fingerprint density at radius 3 is 2.78 bits per heavy atom. The summed E-state index contributed by atoms with van der Waals surface area (Å²) in [5, 5.41) is 5.43. The van der Waals surface area contributed by atoms with Crippen LogP contribution in [-0.2, 0) is 12.7 Å². The summed E-state index contributed by atoms with van der Waals surface area (Å²) in [6.45, 7) is 1.66. The predicted molar refractivity (Wildman–Crippen MR) is 95.7 cm³/mol. The summed E-state index contributed by atoms with van der Waals surface area (Å²) in [4.78, 5) is 19.5. The van der Waals surface area contributed by atoms with Gasteiger partial charge in [0.25, 0.3) is 0 Å². The lowest BCUT2D eigenvalue weighted by atomic mass is 10.2. The van der Waals surface area contributed by atoms with Crippen LogP contribution in [0.2, 0.25) is 5.02 Å². The van der Waals surface area contributed by atoms with Gasteiger partial charge in [0.15, 0.2) is 5.65 Å². The van der Waals surface area contributed by atoms with Crippen LogP contribution in [0.4, 0.5) is 23.7 Å². The van der Waals surface area contributed by atoms with Crippen molar-refractivity contribution in [2.45, 2.75) is 19.6 Å². The molecule has 0 saturated heterocycles. The molecule has 27 heavy (non-hydrogen) atoms. The van der Waals surface area contributed by atoms with Gasteiger partial charge in [-0.3, -0.25) is 0 Å². The van der Waals surface area contributed by atoms with Crippen molar-refractivity contribution in [2.75, 3.05) is 11.9 Å². The molecule has 2 aromatic heterocycles. The number of hydrogen-bond donors (Lipinski definition) is 2. The Kier molecular flexibility index (Phi) is 5.22. The minimum absolute atomic E-state index is 0.0551. The normalized spacial score (nSPS) is 11.6. The molecule has 1 aromatic carbocycles. The summed E-state index contributed by atoms with van der Waals surface area (Å²) in [7, 11) is 0. The zero-order chi connectivity index (χ0) is 19.6. The summed E-state index contributed by atoms with van der Waals surface area (Å²) in [6, 6.07) is 7.50. The van der Waals surface area contributed by atoms with Gasteiger partial charge in [0.1, 0.15) is 5.52 Å². The lowest BCUT2D eigenvalue weighted by molar-refractivity contribution is -0.146. The maximum absolute atomic E-state index is 13.2. The van der Waals surface area contributed by atoms with Crippen LogP contribution in [0.3, 0.4) is 0 Å². The molecule has 2 amide bonds. The van der Waals surface area contributed by atoms with E-state index in [-0.39, 0.29) is 24.3 Å². The highest BCUT2D eigenvalue weighted by Gasteiger charge is 2.37. The van der Waals surface area contributed by atoms with Crippen LogP contribution < -0.4 is 10.6 Å². The van der Waals surface area contributed by atoms with Gasteiger partial charge in [-0.05, 0) is 36.8 Å². The quantitative estimate of drug-likeness (QED) is 0.692. The zero-order valence-electron chi connectivity index (χ0n) is 14.1. The minimum Gasteiger partial charge on any atom is -0.336 e. The highest BCUT2D eigenvalue weighted by molar-refractivity contribution is 6.33. The van der Waals surface area contributed by atoms with Gasteiger partial charge in [-0.1, -0.05) is 17.7 Å². The van der Waals surface area contributed by atoms with E-state index in [1.807, 2.05) is 6.92 Å². The molecule has 0 aliphatic carbocycles. The second-order valence-electron chi connectivity index (χ2n) is 5.80. The predicted octanol–water partition coefficient (Wildman–Crippen LogP) is 4.23. The third-order valence-corrected chi connectivity index (χ3v) is 4.06. The van der Waals surface area contributed by atoms with Crippen molar-refractivity contribution in [2.24, 2.45) is 0 Å². The first-order chi connectivity index (χ1) is 12.8. The van der Waals surface area contributed by atoms with Crippen LogP contribution in [0.15, 0.2) is 36.5 Å². The first kappa shape index (κ1) is 19.0. The number of alkyl halides is 3. The van der Waals surface area contributed by atoms with E-state index < -0.39 is 18.0 Å². The number of halogens is 4. The number of carbonyl (C=O) groups is 1. The second-order valence-corrected chi connectivity index (χ2v) is 6.20. The smallest absolute Gasteiger partial charge is 0.336 e. The Hall–Kier alpha value is -2.81. The van der Waals surface area contributed by atoms with Crippen LogP contribution in [0, 0.1) is 6.92 Å². The van der Waals surface area contributed by atoms with Gasteiger partial charge in [0.05, 0.1) is 10.7 Å². The molecule has 3 aromatic rings. The summed E-state index contributed by atoms with van der Waals surface area (Å²) >= 11 is 6.04. The fourth-order valence-corrected chi connectivity index (χ4v) is 2.84. The number of urea groups is 1. The Morgan fingerprint density at radius 2 is 2.07 bits per heavy atom. The number of rotatable bonds is 4. The molecule has 0 aliphatic heterocycles. The highest BCUT2D eigenvalue weighted by atomic mass is 35.5. The number of benzene rings is 1. The number of nitrogens with one attached hydrogen (secondary N) is 2. The number of aromatic nitrogens is 3. The van der Waals surface area contributed by atoms with Gasteiger partial charge in [0.2, 0.25) is 5.82 Å². The number of nitrogens with zero attached hydrogens (tertiary/aromatic N) is 3. The van der Waals surface area contributed by atoms with E-state index in [2.05, 4.69) is 20.6 Å². The van der Waals surface area contributed by atoms with Crippen molar-refractivity contribution in [1.82, 2.24) is 19.9 Å². The molecule has 6 nitrogen and oxygen atoms in total. The van der Waals surface area contributed by atoms with E-state index >= 15 is 0 Å². The van der Waals surface area contributed by atoms with E-state index in [1.54, 1.807) is 18.2 Å². The van der Waals surface area contributed by atoms with Crippen molar-refractivity contribution >= 4 is 34.5 Å².